The summed E-state index contributed by atoms with van der Waals surface area (Å²) in [5, 5.41) is 4.59. The lowest BCUT2D eigenvalue weighted by atomic mass is 9.97. The molecule has 19 heavy (non-hydrogen) atoms. The molecule has 0 radical (unpaired) electrons. The van der Waals surface area contributed by atoms with E-state index in [1.165, 1.54) is 25.7 Å². The van der Waals surface area contributed by atoms with Gasteiger partial charge in [0.1, 0.15) is 5.78 Å². The van der Waals surface area contributed by atoms with Crippen LogP contribution in [0.5, 0.6) is 0 Å². The van der Waals surface area contributed by atoms with E-state index in [-0.39, 0.29) is 5.92 Å². The van der Waals surface area contributed by atoms with Gasteiger partial charge in [0, 0.05) is 12.1 Å². The molecule has 2 rings (SSSR count). The molecule has 0 aromatic carbocycles. The first kappa shape index (κ1) is 14.3. The number of Topliss-reactive ketones (excluding diaryl/α,β-unsaturated/α-hetero) is 1. The molecule has 0 spiro atoms. The molecular weight excluding hydrogens is 236 g/mol. The maximum atomic E-state index is 12.1. The average Bonchev–Trinajstić information content (AvgIpc) is 3.05. The maximum Gasteiger partial charge on any atom is 0.141 e. The number of carbonyl (C=O) groups excluding carboxylic acids is 1. The Balaban J connectivity index is 1.86. The number of aromatic nitrogens is 2. The van der Waals surface area contributed by atoms with Crippen molar-refractivity contribution in [1.29, 1.82) is 0 Å². The van der Waals surface area contributed by atoms with E-state index in [0.717, 1.165) is 25.0 Å². The second-order valence-electron chi connectivity index (χ2n) is 5.91. The second-order valence-corrected chi connectivity index (χ2v) is 5.91. The fourth-order valence-corrected chi connectivity index (χ4v) is 2.87. The highest BCUT2D eigenvalue weighted by molar-refractivity contribution is 5.82. The minimum Gasteiger partial charge on any atom is -0.299 e. The van der Waals surface area contributed by atoms with Crippen molar-refractivity contribution in [2.75, 3.05) is 0 Å². The van der Waals surface area contributed by atoms with Crippen LogP contribution in [0.2, 0.25) is 0 Å². The largest absolute Gasteiger partial charge is 0.299 e. The molecule has 1 aliphatic rings. The van der Waals surface area contributed by atoms with Crippen molar-refractivity contribution in [2.45, 2.75) is 71.3 Å². The zero-order chi connectivity index (χ0) is 13.7. The van der Waals surface area contributed by atoms with Gasteiger partial charge in [-0.2, -0.15) is 5.10 Å². The highest BCUT2D eigenvalue weighted by Gasteiger charge is 2.19. The minimum absolute atomic E-state index is 0.177. The highest BCUT2D eigenvalue weighted by Crippen LogP contribution is 2.28. The van der Waals surface area contributed by atoms with E-state index in [4.69, 9.17) is 0 Å². The van der Waals surface area contributed by atoms with Gasteiger partial charge in [-0.3, -0.25) is 9.48 Å². The van der Waals surface area contributed by atoms with Gasteiger partial charge in [-0.15, -0.1) is 0 Å². The van der Waals surface area contributed by atoms with Crippen molar-refractivity contribution in [2.24, 2.45) is 5.92 Å². The Morgan fingerprint density at radius 3 is 2.89 bits per heavy atom. The molecule has 1 aromatic heterocycles. The third-order valence-corrected chi connectivity index (χ3v) is 4.26. The van der Waals surface area contributed by atoms with Crippen LogP contribution in [-0.4, -0.2) is 15.6 Å². The van der Waals surface area contributed by atoms with Crippen molar-refractivity contribution in [1.82, 2.24) is 9.78 Å². The first-order valence-electron chi connectivity index (χ1n) is 7.77. The number of nitrogens with zero attached hydrogens (tertiary/aromatic N) is 2. The van der Waals surface area contributed by atoms with Gasteiger partial charge in [0.2, 0.25) is 0 Å². The summed E-state index contributed by atoms with van der Waals surface area (Å²) >= 11 is 0. The molecule has 0 saturated heterocycles. The Labute approximate surface area is 116 Å². The van der Waals surface area contributed by atoms with Gasteiger partial charge >= 0.3 is 0 Å². The fourth-order valence-electron chi connectivity index (χ4n) is 2.87. The van der Waals surface area contributed by atoms with Crippen molar-refractivity contribution in [3.05, 3.63) is 18.0 Å². The Morgan fingerprint density at radius 1 is 1.47 bits per heavy atom. The van der Waals surface area contributed by atoms with E-state index in [9.17, 15) is 4.79 Å². The fraction of sp³-hybridized carbons (Fsp3) is 0.750. The Bertz CT molecular complexity index is 405. The summed E-state index contributed by atoms with van der Waals surface area (Å²) in [4.78, 5) is 12.1. The van der Waals surface area contributed by atoms with Crippen LogP contribution in [0.1, 0.15) is 70.5 Å². The quantitative estimate of drug-likeness (QED) is 0.746. The Kier molecular flexibility index (Phi) is 5.17. The predicted octanol–water partition coefficient (Wildman–Crippen LogP) is 3.94. The van der Waals surface area contributed by atoms with Crippen LogP contribution in [0.15, 0.2) is 12.3 Å². The molecule has 3 nitrogen and oxygen atoms in total. The van der Waals surface area contributed by atoms with Crippen LogP contribution in [0, 0.1) is 5.92 Å². The average molecular weight is 262 g/mol. The van der Waals surface area contributed by atoms with Gasteiger partial charge in [0.25, 0.3) is 0 Å². The zero-order valence-corrected chi connectivity index (χ0v) is 12.3. The summed E-state index contributed by atoms with van der Waals surface area (Å²) in [6.07, 6.45) is 11.0. The number of unbranched alkanes of at least 4 members (excludes halogenated alkanes) is 1. The minimum atomic E-state index is 0.177. The van der Waals surface area contributed by atoms with E-state index in [0.29, 0.717) is 18.2 Å². The van der Waals surface area contributed by atoms with Crippen LogP contribution >= 0.6 is 0 Å². The summed E-state index contributed by atoms with van der Waals surface area (Å²) in [5.74, 6) is 0.515. The number of hydrogen-bond donors (Lipinski definition) is 0. The third kappa shape index (κ3) is 3.92. The molecule has 1 fully saturated rings. The van der Waals surface area contributed by atoms with Gasteiger partial charge in [-0.1, -0.05) is 39.5 Å². The van der Waals surface area contributed by atoms with Crippen LogP contribution < -0.4 is 0 Å². The molecule has 1 heterocycles. The summed E-state index contributed by atoms with van der Waals surface area (Å²) in [7, 11) is 0. The first-order chi connectivity index (χ1) is 9.20. The molecule has 1 saturated carbocycles. The van der Waals surface area contributed by atoms with Crippen molar-refractivity contribution >= 4 is 5.78 Å². The molecule has 106 valence electrons. The third-order valence-electron chi connectivity index (χ3n) is 4.26. The second kappa shape index (κ2) is 6.88. The number of hydrogen-bond acceptors (Lipinski definition) is 2. The van der Waals surface area contributed by atoms with Crippen molar-refractivity contribution in [3.8, 4) is 0 Å². The SMILES string of the molecule is CCCCC(C)C(=O)Cc1ccn(C2CCCC2)n1. The maximum absolute atomic E-state index is 12.1. The topological polar surface area (TPSA) is 34.9 Å². The summed E-state index contributed by atoms with van der Waals surface area (Å²) in [6.45, 7) is 4.21. The lowest BCUT2D eigenvalue weighted by Gasteiger charge is -2.10. The molecule has 1 aromatic rings. The van der Waals surface area contributed by atoms with E-state index in [2.05, 4.69) is 22.9 Å². The van der Waals surface area contributed by atoms with Gasteiger partial charge in [0.05, 0.1) is 18.2 Å². The molecule has 0 amide bonds. The van der Waals surface area contributed by atoms with Gasteiger partial charge < -0.3 is 0 Å². The highest BCUT2D eigenvalue weighted by atomic mass is 16.1. The molecule has 1 aliphatic carbocycles. The lowest BCUT2D eigenvalue weighted by Crippen LogP contribution is -2.14. The van der Waals surface area contributed by atoms with E-state index >= 15 is 0 Å². The van der Waals surface area contributed by atoms with Crippen molar-refractivity contribution < 1.29 is 4.79 Å². The first-order valence-corrected chi connectivity index (χ1v) is 7.77. The van der Waals surface area contributed by atoms with Crippen LogP contribution in [0.3, 0.4) is 0 Å². The van der Waals surface area contributed by atoms with Crippen LogP contribution in [-0.2, 0) is 11.2 Å². The number of carbonyl (C=O) groups is 1. The Hall–Kier alpha value is -1.12. The summed E-state index contributed by atoms with van der Waals surface area (Å²) in [5.41, 5.74) is 0.945. The predicted molar refractivity (Wildman–Crippen MR) is 77.1 cm³/mol. The van der Waals surface area contributed by atoms with Crippen LogP contribution in [0.4, 0.5) is 0 Å². The van der Waals surface area contributed by atoms with Crippen LogP contribution in [0.25, 0.3) is 0 Å². The lowest BCUT2D eigenvalue weighted by molar-refractivity contribution is -0.122. The Morgan fingerprint density at radius 2 is 2.21 bits per heavy atom. The smallest absolute Gasteiger partial charge is 0.141 e. The standard InChI is InChI=1S/C16H26N2O/c1-3-4-7-13(2)16(19)12-14-10-11-18(17-14)15-8-5-6-9-15/h10-11,13,15H,3-9,12H2,1-2H3. The molecule has 0 N–H and O–H groups in total. The summed E-state index contributed by atoms with van der Waals surface area (Å²) < 4.78 is 2.08. The summed E-state index contributed by atoms with van der Waals surface area (Å²) in [6, 6.07) is 2.59. The van der Waals surface area contributed by atoms with Crippen molar-refractivity contribution in [3.63, 3.8) is 0 Å². The molecular formula is C16H26N2O. The van der Waals surface area contributed by atoms with Gasteiger partial charge in [-0.05, 0) is 25.3 Å². The molecule has 0 aliphatic heterocycles. The number of ketones is 1. The zero-order valence-electron chi connectivity index (χ0n) is 12.3. The van der Waals surface area contributed by atoms with Gasteiger partial charge in [-0.25, -0.2) is 0 Å². The van der Waals surface area contributed by atoms with Gasteiger partial charge in [0.15, 0.2) is 0 Å². The molecule has 3 heteroatoms. The molecule has 1 atom stereocenters. The van der Waals surface area contributed by atoms with E-state index in [1.807, 2.05) is 13.0 Å². The molecule has 1 unspecified atom stereocenters. The molecule has 0 bridgehead atoms. The van der Waals surface area contributed by atoms with E-state index < -0.39 is 0 Å². The van der Waals surface area contributed by atoms with E-state index in [1.54, 1.807) is 0 Å². The normalized spacial score (nSPS) is 17.8. The monoisotopic (exact) mass is 262 g/mol. The number of rotatable bonds is 7.